The third-order valence-electron chi connectivity index (χ3n) is 10.1. The number of thiophene rings is 1. The SMILES string of the molecule is c1ccc(C2N=C(n3c4ccccc4c4ccccc43)N=C(c3cccc4oc5c(-c6cccc7sc8ccccc8c67)cccc5c34)N2)cc1. The number of fused-ring (bicyclic) bond motifs is 9. The number of rotatable bonds is 3. The van der Waals surface area contributed by atoms with Gasteiger partial charge in [-0.3, -0.25) is 4.57 Å². The molecule has 1 N–H and O–H groups in total. The van der Waals surface area contributed by atoms with Gasteiger partial charge in [-0.05, 0) is 41.5 Å². The van der Waals surface area contributed by atoms with Crippen LogP contribution in [0.15, 0.2) is 172 Å². The van der Waals surface area contributed by atoms with E-state index in [0.717, 1.165) is 55.5 Å². The number of benzene rings is 7. The van der Waals surface area contributed by atoms with Crippen molar-refractivity contribution in [2.45, 2.75) is 6.17 Å². The average molecular weight is 673 g/mol. The van der Waals surface area contributed by atoms with Crippen molar-refractivity contribution in [3.63, 3.8) is 0 Å². The van der Waals surface area contributed by atoms with Crippen molar-refractivity contribution in [1.29, 1.82) is 0 Å². The minimum Gasteiger partial charge on any atom is -0.455 e. The van der Waals surface area contributed by atoms with Crippen molar-refractivity contribution in [2.75, 3.05) is 0 Å². The van der Waals surface area contributed by atoms with Crippen molar-refractivity contribution in [3.8, 4) is 11.1 Å². The Morgan fingerprint density at radius 1 is 0.529 bits per heavy atom. The molecule has 1 aliphatic rings. The summed E-state index contributed by atoms with van der Waals surface area (Å²) in [4.78, 5) is 10.6. The molecule has 0 spiro atoms. The second kappa shape index (κ2) is 11.0. The second-order valence-corrected chi connectivity index (χ2v) is 14.0. The van der Waals surface area contributed by atoms with Gasteiger partial charge < -0.3 is 9.73 Å². The fourth-order valence-corrected chi connectivity index (χ4v) is 9.00. The molecule has 51 heavy (non-hydrogen) atoms. The van der Waals surface area contributed by atoms with Gasteiger partial charge in [0.2, 0.25) is 5.96 Å². The first-order valence-electron chi connectivity index (χ1n) is 17.1. The highest BCUT2D eigenvalue weighted by atomic mass is 32.1. The van der Waals surface area contributed by atoms with Gasteiger partial charge in [-0.25, -0.2) is 4.99 Å². The number of amidine groups is 1. The molecule has 0 bridgehead atoms. The molecule has 11 rings (SSSR count). The number of para-hydroxylation sites is 3. The van der Waals surface area contributed by atoms with Gasteiger partial charge in [0.25, 0.3) is 0 Å². The number of nitrogens with one attached hydrogen (secondary N) is 1. The minimum absolute atomic E-state index is 0.345. The Kier molecular flexibility index (Phi) is 6.12. The molecule has 6 heteroatoms. The molecular weight excluding hydrogens is 645 g/mol. The summed E-state index contributed by atoms with van der Waals surface area (Å²) in [5, 5.41) is 10.7. The van der Waals surface area contributed by atoms with E-state index >= 15 is 0 Å². The summed E-state index contributed by atoms with van der Waals surface area (Å²) in [6.07, 6.45) is -0.345. The van der Waals surface area contributed by atoms with E-state index in [1.165, 1.54) is 36.5 Å². The van der Waals surface area contributed by atoms with Crippen molar-refractivity contribution < 1.29 is 4.42 Å². The Hall–Kier alpha value is -6.50. The zero-order chi connectivity index (χ0) is 33.5. The highest BCUT2D eigenvalue weighted by Gasteiger charge is 2.26. The maximum absolute atomic E-state index is 6.82. The first-order valence-corrected chi connectivity index (χ1v) is 17.9. The van der Waals surface area contributed by atoms with Gasteiger partial charge in [0.1, 0.15) is 23.2 Å². The predicted molar refractivity (Wildman–Crippen MR) is 213 cm³/mol. The lowest BCUT2D eigenvalue weighted by molar-refractivity contribution is 0.666. The van der Waals surface area contributed by atoms with Crippen LogP contribution in [0.5, 0.6) is 0 Å². The molecule has 3 aromatic heterocycles. The van der Waals surface area contributed by atoms with E-state index < -0.39 is 0 Å². The molecule has 0 amide bonds. The normalized spacial score (nSPS) is 14.9. The lowest BCUT2D eigenvalue weighted by Crippen LogP contribution is -2.35. The highest BCUT2D eigenvalue weighted by molar-refractivity contribution is 7.25. The minimum atomic E-state index is -0.345. The van der Waals surface area contributed by atoms with E-state index in [4.69, 9.17) is 14.4 Å². The van der Waals surface area contributed by atoms with Crippen molar-refractivity contribution in [3.05, 3.63) is 169 Å². The number of aromatic nitrogens is 1. The first kappa shape index (κ1) is 28.3. The third-order valence-corrected chi connectivity index (χ3v) is 11.2. The van der Waals surface area contributed by atoms with Crippen LogP contribution in [0.2, 0.25) is 0 Å². The van der Waals surface area contributed by atoms with Crippen LogP contribution in [-0.2, 0) is 0 Å². The fourth-order valence-electron chi connectivity index (χ4n) is 7.87. The smallest absolute Gasteiger partial charge is 0.234 e. The average Bonchev–Trinajstić information content (AvgIpc) is 3.88. The quantitative estimate of drug-likeness (QED) is 0.203. The van der Waals surface area contributed by atoms with E-state index in [-0.39, 0.29) is 6.17 Å². The maximum atomic E-state index is 6.82. The van der Waals surface area contributed by atoms with Crippen molar-refractivity contribution in [1.82, 2.24) is 9.88 Å². The Balaban J connectivity index is 1.15. The Morgan fingerprint density at radius 3 is 1.98 bits per heavy atom. The summed E-state index contributed by atoms with van der Waals surface area (Å²) < 4.78 is 11.6. The Labute approximate surface area is 296 Å². The molecule has 0 saturated heterocycles. The van der Waals surface area contributed by atoms with Gasteiger partial charge in [0.15, 0.2) is 0 Å². The first-order chi connectivity index (χ1) is 25.3. The molecule has 1 atom stereocenters. The van der Waals surface area contributed by atoms with Gasteiger partial charge in [0.05, 0.1) is 11.0 Å². The van der Waals surface area contributed by atoms with E-state index in [1.54, 1.807) is 0 Å². The third kappa shape index (κ3) is 4.27. The van der Waals surface area contributed by atoms with Gasteiger partial charge >= 0.3 is 0 Å². The van der Waals surface area contributed by atoms with Crippen LogP contribution in [0.4, 0.5) is 0 Å². The molecule has 0 radical (unpaired) electrons. The molecule has 5 nitrogen and oxygen atoms in total. The molecular formula is C45H28N4OS. The second-order valence-electron chi connectivity index (χ2n) is 13.0. The van der Waals surface area contributed by atoms with Crippen LogP contribution in [0.25, 0.3) is 75.0 Å². The van der Waals surface area contributed by atoms with Crippen LogP contribution < -0.4 is 5.32 Å². The van der Waals surface area contributed by atoms with Gasteiger partial charge in [0, 0.05) is 52.8 Å². The van der Waals surface area contributed by atoms with Crippen LogP contribution in [0.3, 0.4) is 0 Å². The summed E-state index contributed by atoms with van der Waals surface area (Å²) in [7, 11) is 0. The lowest BCUT2D eigenvalue weighted by Gasteiger charge is -2.24. The standard InChI is InChI=1S/C45H28N4OS/c1-2-13-27(14-3-1)43-46-44(48-45(47-43)49-35-22-7-4-15-28(35)29-16-5-8-23-36(29)49)34-21-11-24-37-40(34)33-20-10-19-31(42(33)50-37)30-18-12-26-39-41(30)32-17-6-9-25-38(32)51-39/h1-26,43H,(H,46,47,48). The van der Waals surface area contributed by atoms with E-state index in [9.17, 15) is 0 Å². The zero-order valence-corrected chi connectivity index (χ0v) is 28.1. The molecule has 1 unspecified atom stereocenters. The summed E-state index contributed by atoms with van der Waals surface area (Å²) in [6, 6.07) is 55.3. The van der Waals surface area contributed by atoms with Crippen molar-refractivity contribution >= 4 is 87.0 Å². The monoisotopic (exact) mass is 672 g/mol. The van der Waals surface area contributed by atoms with Crippen LogP contribution in [0, 0.1) is 0 Å². The molecule has 10 aromatic rings. The molecule has 7 aromatic carbocycles. The molecule has 1 aliphatic heterocycles. The number of hydrogen-bond acceptors (Lipinski definition) is 5. The number of hydrogen-bond donors (Lipinski definition) is 1. The van der Waals surface area contributed by atoms with Crippen LogP contribution >= 0.6 is 11.3 Å². The van der Waals surface area contributed by atoms with Gasteiger partial charge in [-0.2, -0.15) is 4.99 Å². The topological polar surface area (TPSA) is 54.8 Å². The van der Waals surface area contributed by atoms with Crippen molar-refractivity contribution in [2.24, 2.45) is 9.98 Å². The zero-order valence-electron chi connectivity index (χ0n) is 27.2. The van der Waals surface area contributed by atoms with E-state index in [2.05, 4.69) is 162 Å². The number of furan rings is 1. The molecule has 0 fully saturated rings. The largest absolute Gasteiger partial charge is 0.455 e. The van der Waals surface area contributed by atoms with Crippen LogP contribution in [-0.4, -0.2) is 16.4 Å². The highest BCUT2D eigenvalue weighted by Crippen LogP contribution is 2.44. The summed E-state index contributed by atoms with van der Waals surface area (Å²) in [5.74, 6) is 1.39. The number of nitrogens with zero attached hydrogens (tertiary/aromatic N) is 3. The molecule has 0 saturated carbocycles. The fraction of sp³-hybridized carbons (Fsp3) is 0.0222. The molecule has 0 aliphatic carbocycles. The molecule has 240 valence electrons. The summed E-state index contributed by atoms with van der Waals surface area (Å²) in [6.45, 7) is 0. The Bertz CT molecular complexity index is 3020. The van der Waals surface area contributed by atoms with E-state index in [1.807, 2.05) is 17.4 Å². The van der Waals surface area contributed by atoms with E-state index in [0.29, 0.717) is 5.96 Å². The lowest BCUT2D eigenvalue weighted by atomic mass is 9.96. The Morgan fingerprint density at radius 2 is 1.16 bits per heavy atom. The number of aliphatic imine (C=N–C) groups is 2. The van der Waals surface area contributed by atoms with Crippen LogP contribution in [0.1, 0.15) is 17.3 Å². The maximum Gasteiger partial charge on any atom is 0.234 e. The predicted octanol–water partition coefficient (Wildman–Crippen LogP) is 11.7. The summed E-state index contributed by atoms with van der Waals surface area (Å²) in [5.41, 5.74) is 8.12. The van der Waals surface area contributed by atoms with Gasteiger partial charge in [-0.1, -0.05) is 127 Å². The molecule has 4 heterocycles. The summed E-state index contributed by atoms with van der Waals surface area (Å²) >= 11 is 1.83. The van der Waals surface area contributed by atoms with Gasteiger partial charge in [-0.15, -0.1) is 11.3 Å².